The molecule has 0 aromatic heterocycles. The maximum absolute atomic E-state index is 14.0. The number of nitrogens with one attached hydrogen (secondary N) is 5. The molecule has 7 amide bonds. The Labute approximate surface area is 394 Å². The van der Waals surface area contributed by atoms with Crippen molar-refractivity contribution in [2.45, 2.75) is 219 Å². The van der Waals surface area contributed by atoms with Crippen molar-refractivity contribution >= 4 is 47.3 Å². The number of nitrogens with two attached hydrogens (primary N) is 1. The number of ether oxygens (including phenoxy) is 1. The van der Waals surface area contributed by atoms with Gasteiger partial charge in [0.05, 0.1) is 13.2 Å². The van der Waals surface area contributed by atoms with E-state index in [2.05, 4.69) is 26.6 Å². The number of rotatable bonds is 34. The number of aliphatic hydroxyl groups is 2. The number of carbonyl (C=O) groups is 8. The van der Waals surface area contributed by atoms with Gasteiger partial charge >= 0.3 is 5.97 Å². The molecule has 0 unspecified atom stereocenters. The number of amides is 7. The molecule has 1 fully saturated rings. The summed E-state index contributed by atoms with van der Waals surface area (Å²) in [4.78, 5) is 107. The standard InChI is InChI=1S/C48H87N7O11/c1-31(2)27-36(43(61)53-41(33(5)6)45(63)50-35(24-25-39(49)58)42(60)52-37(28-32(3)4)46(64)66-9)51-44(62)38-29-34(57)30-55(38)47(65)48(7,8)54-40(59)23-21-19-17-15-13-11-10-12-14-16-18-20-22-26-56/h31-38,41,56-57H,10-30H2,1-9H3,(H2,49,58)(H,50,63)(H,51,62)(H,52,60)(H,53,61)(H,54,59)/t34-,35-,36-,37-,38-,41-/m0/s1. The first-order chi connectivity index (χ1) is 31.0. The van der Waals surface area contributed by atoms with Gasteiger partial charge in [-0.1, -0.05) is 112 Å². The van der Waals surface area contributed by atoms with Gasteiger partial charge in [-0.15, -0.1) is 0 Å². The largest absolute Gasteiger partial charge is 0.467 e. The molecule has 0 aromatic rings. The first kappa shape index (κ1) is 59.7. The van der Waals surface area contributed by atoms with Gasteiger partial charge in [-0.3, -0.25) is 33.6 Å². The van der Waals surface area contributed by atoms with Crippen molar-refractivity contribution in [3.05, 3.63) is 0 Å². The van der Waals surface area contributed by atoms with Crippen molar-refractivity contribution in [1.29, 1.82) is 0 Å². The number of unbranched alkanes of at least 4 members (excludes halogenated alkanes) is 12. The third kappa shape index (κ3) is 23.4. The molecule has 0 spiro atoms. The molecule has 1 heterocycles. The van der Waals surface area contributed by atoms with Crippen molar-refractivity contribution < 1.29 is 53.3 Å². The fraction of sp³-hybridized carbons (Fsp3) is 0.833. The zero-order valence-corrected chi connectivity index (χ0v) is 41.6. The Kier molecular flexibility index (Phi) is 28.6. The molecule has 1 saturated heterocycles. The molecule has 18 heteroatoms. The van der Waals surface area contributed by atoms with Crippen molar-refractivity contribution in [1.82, 2.24) is 31.5 Å². The predicted molar refractivity (Wildman–Crippen MR) is 252 cm³/mol. The quantitative estimate of drug-likeness (QED) is 0.0342. The highest BCUT2D eigenvalue weighted by Crippen LogP contribution is 2.24. The summed E-state index contributed by atoms with van der Waals surface area (Å²) in [6.45, 7) is 14.0. The van der Waals surface area contributed by atoms with Crippen LogP contribution in [0.4, 0.5) is 0 Å². The fourth-order valence-electron chi connectivity index (χ4n) is 8.13. The maximum atomic E-state index is 14.0. The SMILES string of the molecule is COC(=O)[C@H](CC(C)C)NC(=O)[C@H](CCC(N)=O)NC(=O)[C@@H](NC(=O)[C@H](CC(C)C)NC(=O)[C@@H]1C[C@H](O)CN1C(=O)C(C)(C)NC(=O)CCCCCCCCCCCCCCCO)C(C)C. The topological polar surface area (TPSA) is 276 Å². The summed E-state index contributed by atoms with van der Waals surface area (Å²) in [5, 5.41) is 33.0. The summed E-state index contributed by atoms with van der Waals surface area (Å²) >= 11 is 0. The second-order valence-corrected chi connectivity index (χ2v) is 19.8. The van der Waals surface area contributed by atoms with E-state index < -0.39 is 89.2 Å². The summed E-state index contributed by atoms with van der Waals surface area (Å²) in [6, 6.07) is -5.86. The number of aliphatic hydroxyl groups excluding tert-OH is 2. The van der Waals surface area contributed by atoms with Gasteiger partial charge in [0.15, 0.2) is 0 Å². The molecule has 380 valence electrons. The van der Waals surface area contributed by atoms with Gasteiger partial charge in [0.1, 0.15) is 35.7 Å². The Morgan fingerprint density at radius 1 is 0.667 bits per heavy atom. The van der Waals surface area contributed by atoms with Gasteiger partial charge in [0.25, 0.3) is 0 Å². The number of methoxy groups -OCH3 is 1. The van der Waals surface area contributed by atoms with E-state index in [1.807, 2.05) is 27.7 Å². The monoisotopic (exact) mass is 938 g/mol. The van der Waals surface area contributed by atoms with Crippen LogP contribution < -0.4 is 32.3 Å². The summed E-state index contributed by atoms with van der Waals surface area (Å²) in [7, 11) is 1.19. The summed E-state index contributed by atoms with van der Waals surface area (Å²) < 4.78 is 4.84. The van der Waals surface area contributed by atoms with Gasteiger partial charge in [-0.05, 0) is 63.7 Å². The van der Waals surface area contributed by atoms with E-state index in [4.69, 9.17) is 15.6 Å². The zero-order valence-electron chi connectivity index (χ0n) is 41.6. The van der Waals surface area contributed by atoms with E-state index in [0.29, 0.717) is 6.42 Å². The van der Waals surface area contributed by atoms with Gasteiger partial charge < -0.3 is 52.2 Å². The number of hydrogen-bond donors (Lipinski definition) is 8. The number of hydrogen-bond acceptors (Lipinski definition) is 11. The molecule has 66 heavy (non-hydrogen) atoms. The highest BCUT2D eigenvalue weighted by Gasteiger charge is 2.45. The normalized spacial score (nSPS) is 16.9. The van der Waals surface area contributed by atoms with Gasteiger partial charge in [-0.2, -0.15) is 0 Å². The minimum atomic E-state index is -1.40. The van der Waals surface area contributed by atoms with Crippen LogP contribution in [0.25, 0.3) is 0 Å². The maximum Gasteiger partial charge on any atom is 0.328 e. The average molecular weight is 938 g/mol. The van der Waals surface area contributed by atoms with Gasteiger partial charge in [-0.25, -0.2) is 4.79 Å². The number of primary amides is 1. The van der Waals surface area contributed by atoms with E-state index in [9.17, 15) is 43.5 Å². The predicted octanol–water partition coefficient (Wildman–Crippen LogP) is 3.42. The third-order valence-corrected chi connectivity index (χ3v) is 11.8. The first-order valence-corrected chi connectivity index (χ1v) is 24.5. The number of esters is 1. The van der Waals surface area contributed by atoms with Crippen LogP contribution in [0, 0.1) is 17.8 Å². The molecule has 9 N–H and O–H groups in total. The summed E-state index contributed by atoms with van der Waals surface area (Å²) in [5.41, 5.74) is 3.96. The minimum absolute atomic E-state index is 0.000198. The van der Waals surface area contributed by atoms with Gasteiger partial charge in [0, 0.05) is 32.4 Å². The molecule has 0 aromatic carbocycles. The number of carbonyl (C=O) groups excluding carboxylic acids is 8. The first-order valence-electron chi connectivity index (χ1n) is 24.5. The van der Waals surface area contributed by atoms with E-state index >= 15 is 0 Å². The Hall–Kier alpha value is -4.32. The van der Waals surface area contributed by atoms with Crippen LogP contribution >= 0.6 is 0 Å². The molecular formula is C48H87N7O11. The molecular weight excluding hydrogens is 851 g/mol. The molecule has 18 nitrogen and oxygen atoms in total. The molecule has 1 aliphatic rings. The van der Waals surface area contributed by atoms with Crippen molar-refractivity contribution in [3.63, 3.8) is 0 Å². The zero-order chi connectivity index (χ0) is 50.0. The Balaban J connectivity index is 2.94. The van der Waals surface area contributed by atoms with Crippen molar-refractivity contribution in [3.8, 4) is 0 Å². The number of β-amino-alcohol motifs (C(OH)–C–C–N with tert-alkyl or cyclic N) is 1. The highest BCUT2D eigenvalue weighted by atomic mass is 16.5. The van der Waals surface area contributed by atoms with Crippen molar-refractivity contribution in [2.75, 3.05) is 20.3 Å². The van der Waals surface area contributed by atoms with Crippen LogP contribution in [0.5, 0.6) is 0 Å². The number of likely N-dealkylation sites (tertiary alicyclic amines) is 1. The van der Waals surface area contributed by atoms with Gasteiger partial charge in [0.2, 0.25) is 41.4 Å². The lowest BCUT2D eigenvalue weighted by Crippen LogP contribution is -2.61. The number of nitrogens with zero attached hydrogens (tertiary/aromatic N) is 1. The third-order valence-electron chi connectivity index (χ3n) is 11.8. The van der Waals surface area contributed by atoms with Crippen LogP contribution in [-0.2, 0) is 43.1 Å². The lowest BCUT2D eigenvalue weighted by Gasteiger charge is -2.34. The van der Waals surface area contributed by atoms with Crippen LogP contribution in [0.3, 0.4) is 0 Å². The van der Waals surface area contributed by atoms with Crippen LogP contribution in [0.1, 0.15) is 177 Å². The summed E-state index contributed by atoms with van der Waals surface area (Å²) in [5.74, 6) is -5.77. The molecule has 0 saturated carbocycles. The molecule has 6 atom stereocenters. The molecule has 0 radical (unpaired) electrons. The van der Waals surface area contributed by atoms with E-state index in [1.54, 1.807) is 27.7 Å². The second-order valence-electron chi connectivity index (χ2n) is 19.8. The Morgan fingerprint density at radius 2 is 1.15 bits per heavy atom. The van der Waals surface area contributed by atoms with E-state index in [1.165, 1.54) is 50.5 Å². The van der Waals surface area contributed by atoms with E-state index in [0.717, 1.165) is 38.5 Å². The molecule has 0 aliphatic carbocycles. The highest BCUT2D eigenvalue weighted by molar-refractivity contribution is 5.98. The lowest BCUT2D eigenvalue weighted by molar-refractivity contribution is -0.146. The Bertz CT molecular complexity index is 1540. The average Bonchev–Trinajstić information content (AvgIpc) is 3.63. The fourth-order valence-corrected chi connectivity index (χ4v) is 8.13. The molecule has 1 rings (SSSR count). The van der Waals surface area contributed by atoms with Crippen molar-refractivity contribution in [2.24, 2.45) is 23.5 Å². The smallest absolute Gasteiger partial charge is 0.328 e. The molecule has 0 bridgehead atoms. The van der Waals surface area contributed by atoms with Crippen LogP contribution in [-0.4, -0.2) is 125 Å². The Morgan fingerprint density at radius 3 is 1.64 bits per heavy atom. The van der Waals surface area contributed by atoms with Crippen LogP contribution in [0.2, 0.25) is 0 Å². The minimum Gasteiger partial charge on any atom is -0.467 e. The molecule has 1 aliphatic heterocycles. The second kappa shape index (κ2) is 31.6. The summed E-state index contributed by atoms with van der Waals surface area (Å²) in [6.07, 6.45) is 13.2. The lowest BCUT2D eigenvalue weighted by atomic mass is 9.98. The van der Waals surface area contributed by atoms with Crippen LogP contribution in [0.15, 0.2) is 0 Å². The van der Waals surface area contributed by atoms with E-state index in [-0.39, 0.29) is 69.4 Å².